The van der Waals surface area contributed by atoms with Crippen molar-refractivity contribution in [2.45, 2.75) is 19.8 Å². The molecule has 0 unspecified atom stereocenters. The number of rotatable bonds is 6. The van der Waals surface area contributed by atoms with Crippen molar-refractivity contribution in [2.24, 2.45) is 0 Å². The third-order valence-electron chi connectivity index (χ3n) is 3.18. The lowest BCUT2D eigenvalue weighted by Gasteiger charge is -2.16. The second kappa shape index (κ2) is 7.49. The van der Waals surface area contributed by atoms with Crippen molar-refractivity contribution in [2.75, 3.05) is 18.9 Å². The predicted octanol–water partition coefficient (Wildman–Crippen LogP) is 3.23. The topological polar surface area (TPSA) is 58.1 Å². The fourth-order valence-electron chi connectivity index (χ4n) is 1.88. The molecule has 2 rings (SSSR count). The third-order valence-corrected chi connectivity index (χ3v) is 3.18. The van der Waals surface area contributed by atoms with Gasteiger partial charge in [-0.25, -0.2) is 14.4 Å². The molecular formula is C16H19FN4O. The highest BCUT2D eigenvalue weighted by atomic mass is 19.1. The number of hydrogen-bond donors (Lipinski definition) is 1. The molecule has 0 spiro atoms. The molecule has 0 saturated carbocycles. The zero-order valence-electron chi connectivity index (χ0n) is 12.7. The summed E-state index contributed by atoms with van der Waals surface area (Å²) < 4.78 is 12.8. The molecule has 1 aromatic carbocycles. The van der Waals surface area contributed by atoms with E-state index in [0.717, 1.165) is 12.8 Å². The van der Waals surface area contributed by atoms with Crippen LogP contribution in [0.2, 0.25) is 0 Å². The third kappa shape index (κ3) is 4.25. The minimum atomic E-state index is -0.298. The molecule has 5 nitrogen and oxygen atoms in total. The summed E-state index contributed by atoms with van der Waals surface area (Å²) in [4.78, 5) is 22.1. The smallest absolute Gasteiger partial charge is 0.273 e. The Balaban J connectivity index is 2.00. The Kier molecular flexibility index (Phi) is 5.41. The number of anilines is 2. The van der Waals surface area contributed by atoms with Crippen molar-refractivity contribution in [1.29, 1.82) is 0 Å². The van der Waals surface area contributed by atoms with Crippen LogP contribution >= 0.6 is 0 Å². The van der Waals surface area contributed by atoms with Gasteiger partial charge in [-0.05, 0) is 30.7 Å². The van der Waals surface area contributed by atoms with Gasteiger partial charge in [-0.15, -0.1) is 0 Å². The molecule has 1 aromatic heterocycles. The molecule has 0 aliphatic heterocycles. The van der Waals surface area contributed by atoms with Gasteiger partial charge in [0, 0.05) is 19.3 Å². The lowest BCUT2D eigenvalue weighted by molar-refractivity contribution is 0.0787. The molecule has 6 heteroatoms. The molecule has 22 heavy (non-hydrogen) atoms. The number of benzene rings is 1. The molecule has 0 aliphatic rings. The summed E-state index contributed by atoms with van der Waals surface area (Å²) in [5, 5.41) is 3.00. The molecule has 116 valence electrons. The number of hydrogen-bond acceptors (Lipinski definition) is 4. The van der Waals surface area contributed by atoms with Gasteiger partial charge in [0.05, 0.1) is 12.4 Å². The summed E-state index contributed by atoms with van der Waals surface area (Å²) in [5.41, 5.74) is 1.01. The lowest BCUT2D eigenvalue weighted by atomic mass is 10.3. The average Bonchev–Trinajstić information content (AvgIpc) is 2.55. The molecular weight excluding hydrogens is 283 g/mol. The fraction of sp³-hybridized carbons (Fsp3) is 0.312. The Morgan fingerprint density at radius 1 is 1.23 bits per heavy atom. The Morgan fingerprint density at radius 3 is 2.55 bits per heavy atom. The van der Waals surface area contributed by atoms with E-state index < -0.39 is 0 Å². The number of aromatic nitrogens is 2. The number of carbonyl (C=O) groups excluding carboxylic acids is 1. The van der Waals surface area contributed by atoms with Crippen molar-refractivity contribution < 1.29 is 9.18 Å². The van der Waals surface area contributed by atoms with Crippen LogP contribution in [-0.2, 0) is 0 Å². The summed E-state index contributed by atoms with van der Waals surface area (Å²) in [6.45, 7) is 2.78. The Bertz CT molecular complexity index is 613. The van der Waals surface area contributed by atoms with E-state index in [1.54, 1.807) is 24.1 Å². The van der Waals surface area contributed by atoms with Gasteiger partial charge in [-0.3, -0.25) is 4.79 Å². The second-order valence-electron chi connectivity index (χ2n) is 5.00. The Labute approximate surface area is 129 Å². The van der Waals surface area contributed by atoms with Gasteiger partial charge in [-0.2, -0.15) is 0 Å². The molecule has 1 N–H and O–H groups in total. The van der Waals surface area contributed by atoms with Gasteiger partial charge in [-0.1, -0.05) is 13.3 Å². The molecule has 0 atom stereocenters. The van der Waals surface area contributed by atoms with Crippen LogP contribution in [0.1, 0.15) is 30.3 Å². The molecule has 0 aliphatic carbocycles. The largest absolute Gasteiger partial charge is 0.340 e. The van der Waals surface area contributed by atoms with Gasteiger partial charge >= 0.3 is 0 Å². The van der Waals surface area contributed by atoms with E-state index in [0.29, 0.717) is 23.7 Å². The first-order valence-electron chi connectivity index (χ1n) is 7.20. The number of amides is 1. The molecule has 0 bridgehead atoms. The standard InChI is InChI=1S/C16H19FN4O/c1-3-4-9-21(2)16(22)14-10-19-15(11-18-14)20-13-7-5-12(17)6-8-13/h5-8,10-11H,3-4,9H2,1-2H3,(H,19,20). The highest BCUT2D eigenvalue weighted by molar-refractivity contribution is 5.91. The Morgan fingerprint density at radius 2 is 1.95 bits per heavy atom. The predicted molar refractivity (Wildman–Crippen MR) is 83.6 cm³/mol. The molecule has 1 amide bonds. The van der Waals surface area contributed by atoms with Crippen molar-refractivity contribution >= 4 is 17.4 Å². The normalized spacial score (nSPS) is 10.3. The lowest BCUT2D eigenvalue weighted by Crippen LogP contribution is -2.28. The first-order chi connectivity index (χ1) is 10.6. The van der Waals surface area contributed by atoms with E-state index in [9.17, 15) is 9.18 Å². The summed E-state index contributed by atoms with van der Waals surface area (Å²) >= 11 is 0. The summed E-state index contributed by atoms with van der Waals surface area (Å²) in [6.07, 6.45) is 4.92. The van der Waals surface area contributed by atoms with Crippen LogP contribution in [0.4, 0.5) is 15.9 Å². The van der Waals surface area contributed by atoms with Crippen molar-refractivity contribution in [3.05, 3.63) is 48.2 Å². The maximum absolute atomic E-state index is 12.8. The second-order valence-corrected chi connectivity index (χ2v) is 5.00. The van der Waals surface area contributed by atoms with E-state index in [1.807, 2.05) is 0 Å². The van der Waals surface area contributed by atoms with Crippen LogP contribution in [0.25, 0.3) is 0 Å². The van der Waals surface area contributed by atoms with E-state index in [4.69, 9.17) is 0 Å². The fourth-order valence-corrected chi connectivity index (χ4v) is 1.88. The quantitative estimate of drug-likeness (QED) is 0.890. The highest BCUT2D eigenvalue weighted by Gasteiger charge is 2.13. The van der Waals surface area contributed by atoms with Gasteiger partial charge in [0.25, 0.3) is 5.91 Å². The van der Waals surface area contributed by atoms with Crippen LogP contribution in [0, 0.1) is 5.82 Å². The monoisotopic (exact) mass is 302 g/mol. The van der Waals surface area contributed by atoms with Crippen LogP contribution < -0.4 is 5.32 Å². The molecule has 0 radical (unpaired) electrons. The van der Waals surface area contributed by atoms with E-state index >= 15 is 0 Å². The average molecular weight is 302 g/mol. The number of halogens is 1. The van der Waals surface area contributed by atoms with Gasteiger partial charge < -0.3 is 10.2 Å². The first-order valence-corrected chi connectivity index (χ1v) is 7.20. The van der Waals surface area contributed by atoms with E-state index in [1.165, 1.54) is 24.5 Å². The van der Waals surface area contributed by atoms with Crippen LogP contribution in [0.15, 0.2) is 36.7 Å². The maximum Gasteiger partial charge on any atom is 0.273 e. The minimum absolute atomic E-state index is 0.144. The number of carbonyl (C=O) groups is 1. The zero-order chi connectivity index (χ0) is 15.9. The summed E-state index contributed by atoms with van der Waals surface area (Å²) in [5.74, 6) is 0.0568. The molecule has 0 fully saturated rings. The number of nitrogens with zero attached hydrogens (tertiary/aromatic N) is 3. The van der Waals surface area contributed by atoms with Crippen molar-refractivity contribution in [1.82, 2.24) is 14.9 Å². The van der Waals surface area contributed by atoms with Crippen molar-refractivity contribution in [3.8, 4) is 0 Å². The summed E-state index contributed by atoms with van der Waals surface area (Å²) in [6, 6.07) is 5.93. The highest BCUT2D eigenvalue weighted by Crippen LogP contribution is 2.14. The SMILES string of the molecule is CCCCN(C)C(=O)c1cnc(Nc2ccc(F)cc2)cn1. The molecule has 0 saturated heterocycles. The zero-order valence-corrected chi connectivity index (χ0v) is 12.7. The van der Waals surface area contributed by atoms with E-state index in [2.05, 4.69) is 22.2 Å². The minimum Gasteiger partial charge on any atom is -0.340 e. The Hall–Kier alpha value is -2.50. The van der Waals surface area contributed by atoms with Crippen LogP contribution in [0.3, 0.4) is 0 Å². The van der Waals surface area contributed by atoms with Gasteiger partial charge in [0.2, 0.25) is 0 Å². The van der Waals surface area contributed by atoms with E-state index in [-0.39, 0.29) is 11.7 Å². The number of unbranched alkanes of at least 4 members (excludes halogenated alkanes) is 1. The summed E-state index contributed by atoms with van der Waals surface area (Å²) in [7, 11) is 1.75. The van der Waals surface area contributed by atoms with Crippen LogP contribution in [-0.4, -0.2) is 34.4 Å². The van der Waals surface area contributed by atoms with Crippen LogP contribution in [0.5, 0.6) is 0 Å². The maximum atomic E-state index is 12.8. The first kappa shape index (κ1) is 15.9. The molecule has 2 aromatic rings. The number of nitrogens with one attached hydrogen (secondary N) is 1. The van der Waals surface area contributed by atoms with Gasteiger partial charge in [0.15, 0.2) is 0 Å². The molecule has 1 heterocycles. The van der Waals surface area contributed by atoms with Gasteiger partial charge in [0.1, 0.15) is 17.3 Å². The van der Waals surface area contributed by atoms with Crippen molar-refractivity contribution in [3.63, 3.8) is 0 Å².